The Morgan fingerprint density at radius 2 is 1.84 bits per heavy atom. The van der Waals surface area contributed by atoms with Crippen LogP contribution in [0.1, 0.15) is 11.3 Å². The molecule has 13 heteroatoms. The van der Waals surface area contributed by atoms with Crippen molar-refractivity contribution in [3.8, 4) is 11.5 Å². The molecule has 0 bridgehead atoms. The zero-order chi connectivity index (χ0) is 23.7. The van der Waals surface area contributed by atoms with Crippen molar-refractivity contribution >= 4 is 15.7 Å². The largest absolute Gasteiger partial charge is 0.493 e. The minimum Gasteiger partial charge on any atom is -0.493 e. The molecule has 174 valence electrons. The van der Waals surface area contributed by atoms with Crippen LogP contribution in [0.5, 0.6) is 11.5 Å². The molecule has 0 aliphatic rings. The molecule has 0 aliphatic heterocycles. The molecule has 9 nitrogen and oxygen atoms in total. The molecule has 0 amide bonds. The maximum atomic E-state index is 13.4. The average Bonchev–Trinajstić information content (AvgIpc) is 3.29. The number of methoxy groups -OCH3 is 1. The first-order valence-electron chi connectivity index (χ1n) is 9.29. The Balaban J connectivity index is 1.99. The normalized spacial score (nSPS) is 12.1. The predicted molar refractivity (Wildman–Crippen MR) is 109 cm³/mol. The highest BCUT2D eigenvalue weighted by Crippen LogP contribution is 2.33. The number of nitrogens with zero attached hydrogens (tertiary/aromatic N) is 5. The van der Waals surface area contributed by atoms with E-state index in [1.807, 2.05) is 0 Å². The van der Waals surface area contributed by atoms with Crippen molar-refractivity contribution in [1.29, 1.82) is 0 Å². The number of anilines is 1. The fourth-order valence-corrected chi connectivity index (χ4v) is 4.52. The maximum absolute atomic E-state index is 13.4. The fraction of sp³-hybridized carbons (Fsp3) is 0.368. The predicted octanol–water partition coefficient (Wildman–Crippen LogP) is 2.81. The van der Waals surface area contributed by atoms with Gasteiger partial charge in [0.2, 0.25) is 0 Å². The van der Waals surface area contributed by atoms with Crippen molar-refractivity contribution in [1.82, 2.24) is 19.6 Å². The highest BCUT2D eigenvalue weighted by molar-refractivity contribution is 7.92. The van der Waals surface area contributed by atoms with E-state index in [-0.39, 0.29) is 22.9 Å². The van der Waals surface area contributed by atoms with Crippen LogP contribution in [0.25, 0.3) is 0 Å². The van der Waals surface area contributed by atoms with Gasteiger partial charge in [-0.25, -0.2) is 8.42 Å². The van der Waals surface area contributed by atoms with E-state index >= 15 is 0 Å². The molecule has 2 heterocycles. The molecule has 0 unspecified atom stereocenters. The highest BCUT2D eigenvalue weighted by atomic mass is 32.2. The van der Waals surface area contributed by atoms with Crippen LogP contribution >= 0.6 is 0 Å². The van der Waals surface area contributed by atoms with Gasteiger partial charge >= 0.3 is 6.18 Å². The Kier molecular flexibility index (Phi) is 6.39. The lowest BCUT2D eigenvalue weighted by molar-refractivity contribution is -0.153. The number of sulfonamides is 1. The van der Waals surface area contributed by atoms with Gasteiger partial charge in [-0.2, -0.15) is 23.4 Å². The summed E-state index contributed by atoms with van der Waals surface area (Å²) >= 11 is 0. The Bertz CT molecular complexity index is 1200. The molecule has 3 aromatic rings. The van der Waals surface area contributed by atoms with E-state index in [9.17, 15) is 21.6 Å². The van der Waals surface area contributed by atoms with Crippen molar-refractivity contribution in [3.63, 3.8) is 0 Å². The standard InChI is InChI=1S/C19H22F3N5O4S/c1-13-16(11-26(3)24-13)27(32(28,29)15-8-23-25(2)10-15)9-14-5-6-17(18(7-14)30-4)31-12-19(20,21)22/h5-8,10-11H,9,12H2,1-4H3. The molecule has 0 fully saturated rings. The third-order valence-corrected chi connectivity index (χ3v) is 6.18. The Labute approximate surface area is 183 Å². The maximum Gasteiger partial charge on any atom is 0.422 e. The van der Waals surface area contributed by atoms with E-state index in [2.05, 4.69) is 10.2 Å². The summed E-state index contributed by atoms with van der Waals surface area (Å²) in [5, 5.41) is 8.15. The number of benzene rings is 1. The molecule has 0 saturated carbocycles. The minimum atomic E-state index is -4.50. The van der Waals surface area contributed by atoms with E-state index in [0.717, 1.165) is 4.31 Å². The van der Waals surface area contributed by atoms with E-state index in [1.54, 1.807) is 27.2 Å². The quantitative estimate of drug-likeness (QED) is 0.500. The zero-order valence-corrected chi connectivity index (χ0v) is 18.6. The second-order valence-corrected chi connectivity index (χ2v) is 8.89. The van der Waals surface area contributed by atoms with Crippen LogP contribution in [0.3, 0.4) is 0 Å². The number of hydrogen-bond donors (Lipinski definition) is 0. The van der Waals surface area contributed by atoms with Gasteiger partial charge in [0.05, 0.1) is 31.2 Å². The van der Waals surface area contributed by atoms with Crippen molar-refractivity contribution in [2.45, 2.75) is 24.5 Å². The molecule has 0 atom stereocenters. The molecule has 3 rings (SSSR count). The van der Waals surface area contributed by atoms with Crippen LogP contribution in [0.2, 0.25) is 0 Å². The van der Waals surface area contributed by atoms with Crippen LogP contribution in [0.4, 0.5) is 18.9 Å². The van der Waals surface area contributed by atoms with E-state index in [1.165, 1.54) is 47.1 Å². The van der Waals surface area contributed by atoms with Crippen molar-refractivity contribution in [3.05, 3.63) is 48.0 Å². The first kappa shape index (κ1) is 23.4. The summed E-state index contributed by atoms with van der Waals surface area (Å²) in [7, 11) is 0.531. The van der Waals surface area contributed by atoms with Crippen LogP contribution in [0, 0.1) is 6.92 Å². The van der Waals surface area contributed by atoms with Crippen LogP contribution < -0.4 is 13.8 Å². The number of ether oxygens (including phenoxy) is 2. The lowest BCUT2D eigenvalue weighted by Crippen LogP contribution is -2.30. The Morgan fingerprint density at radius 1 is 1.12 bits per heavy atom. The SMILES string of the molecule is COc1cc(CN(c2cn(C)nc2C)S(=O)(=O)c2cnn(C)c2)ccc1OCC(F)(F)F. The van der Waals surface area contributed by atoms with Gasteiger partial charge in [-0.1, -0.05) is 6.07 Å². The second kappa shape index (κ2) is 8.73. The number of halogens is 3. The third kappa shape index (κ3) is 5.15. The molecular weight excluding hydrogens is 451 g/mol. The van der Waals surface area contributed by atoms with Crippen molar-refractivity contribution in [2.75, 3.05) is 18.0 Å². The summed E-state index contributed by atoms with van der Waals surface area (Å²) in [5.41, 5.74) is 1.31. The molecule has 0 radical (unpaired) electrons. The first-order chi connectivity index (χ1) is 14.9. The molecular formula is C19H22F3N5O4S. The number of rotatable bonds is 8. The highest BCUT2D eigenvalue weighted by Gasteiger charge is 2.31. The molecule has 2 aromatic heterocycles. The monoisotopic (exact) mass is 473 g/mol. The van der Waals surface area contributed by atoms with E-state index in [0.29, 0.717) is 16.9 Å². The van der Waals surface area contributed by atoms with E-state index in [4.69, 9.17) is 9.47 Å². The van der Waals surface area contributed by atoms with Gasteiger partial charge in [-0.15, -0.1) is 0 Å². The minimum absolute atomic E-state index is 0.0136. The summed E-state index contributed by atoms with van der Waals surface area (Å²) in [6, 6.07) is 4.22. The summed E-state index contributed by atoms with van der Waals surface area (Å²) < 4.78 is 78.3. The van der Waals surface area contributed by atoms with Crippen LogP contribution in [-0.2, 0) is 30.7 Å². The Morgan fingerprint density at radius 3 is 2.38 bits per heavy atom. The summed E-state index contributed by atoms with van der Waals surface area (Å²) in [6.45, 7) is 0.0779. The van der Waals surface area contributed by atoms with Gasteiger partial charge in [0.15, 0.2) is 18.1 Å². The molecule has 0 N–H and O–H groups in total. The smallest absolute Gasteiger partial charge is 0.422 e. The van der Waals surface area contributed by atoms with Crippen LogP contribution in [-0.4, -0.2) is 47.9 Å². The van der Waals surface area contributed by atoms with Gasteiger partial charge in [0.25, 0.3) is 10.0 Å². The van der Waals surface area contributed by atoms with Gasteiger partial charge in [0, 0.05) is 26.5 Å². The second-order valence-electron chi connectivity index (χ2n) is 7.02. The molecule has 0 saturated heterocycles. The molecule has 1 aromatic carbocycles. The molecule has 0 spiro atoms. The van der Waals surface area contributed by atoms with Gasteiger partial charge in [0.1, 0.15) is 4.90 Å². The first-order valence-corrected chi connectivity index (χ1v) is 10.7. The molecule has 0 aliphatic carbocycles. The van der Waals surface area contributed by atoms with Crippen molar-refractivity contribution < 1.29 is 31.1 Å². The van der Waals surface area contributed by atoms with Crippen LogP contribution in [0.15, 0.2) is 41.7 Å². The van der Waals surface area contributed by atoms with Crippen molar-refractivity contribution in [2.24, 2.45) is 14.1 Å². The number of aromatic nitrogens is 4. The fourth-order valence-electron chi connectivity index (χ4n) is 3.05. The van der Waals surface area contributed by atoms with E-state index < -0.39 is 22.8 Å². The lowest BCUT2D eigenvalue weighted by atomic mass is 10.2. The topological polar surface area (TPSA) is 91.5 Å². The average molecular weight is 473 g/mol. The summed E-state index contributed by atoms with van der Waals surface area (Å²) in [5.74, 6) is -0.0545. The number of aryl methyl sites for hydroxylation is 3. The van der Waals surface area contributed by atoms with Gasteiger partial charge < -0.3 is 9.47 Å². The summed E-state index contributed by atoms with van der Waals surface area (Å²) in [4.78, 5) is -0.0136. The molecule has 32 heavy (non-hydrogen) atoms. The number of alkyl halides is 3. The lowest BCUT2D eigenvalue weighted by Gasteiger charge is -2.23. The van der Waals surface area contributed by atoms with Gasteiger partial charge in [-0.05, 0) is 24.6 Å². The summed E-state index contributed by atoms with van der Waals surface area (Å²) in [6.07, 6.45) is -0.317. The number of hydrogen-bond acceptors (Lipinski definition) is 6. The Hall–Kier alpha value is -3.22. The third-order valence-electron chi connectivity index (χ3n) is 4.47. The zero-order valence-electron chi connectivity index (χ0n) is 17.8. The van der Waals surface area contributed by atoms with Gasteiger partial charge in [-0.3, -0.25) is 13.7 Å².